The first-order valence-electron chi connectivity index (χ1n) is 7.43. The zero-order valence-electron chi connectivity index (χ0n) is 13.0. The Balaban J connectivity index is 2.21. The number of nitrogens with zero attached hydrogens (tertiary/aromatic N) is 2. The van der Waals surface area contributed by atoms with Crippen molar-refractivity contribution >= 4 is 5.91 Å². The fourth-order valence-corrected chi connectivity index (χ4v) is 2.53. The zero-order chi connectivity index (χ0) is 15.0. The maximum absolute atomic E-state index is 11.8. The first kappa shape index (κ1) is 17.4. The van der Waals surface area contributed by atoms with Crippen LogP contribution in [-0.4, -0.2) is 85.9 Å². The van der Waals surface area contributed by atoms with Crippen LogP contribution >= 0.6 is 0 Å². The van der Waals surface area contributed by atoms with Gasteiger partial charge < -0.3 is 15.2 Å². The number of piperazine rings is 1. The van der Waals surface area contributed by atoms with Crippen LogP contribution in [-0.2, 0) is 9.53 Å². The molecule has 1 saturated heterocycles. The molecule has 0 bridgehead atoms. The van der Waals surface area contributed by atoms with E-state index in [2.05, 4.69) is 22.0 Å². The minimum Gasteiger partial charge on any atom is -0.392 e. The lowest BCUT2D eigenvalue weighted by Gasteiger charge is -2.40. The lowest BCUT2D eigenvalue weighted by Crippen LogP contribution is -2.55. The zero-order valence-corrected chi connectivity index (χ0v) is 13.0. The van der Waals surface area contributed by atoms with Crippen molar-refractivity contribution in [3.63, 3.8) is 0 Å². The highest BCUT2D eigenvalue weighted by molar-refractivity contribution is 5.77. The summed E-state index contributed by atoms with van der Waals surface area (Å²) in [5, 5.41) is 12.4. The van der Waals surface area contributed by atoms with Crippen molar-refractivity contribution in [3.8, 4) is 0 Å². The molecular weight excluding hydrogens is 258 g/mol. The normalized spacial score (nSPS) is 22.7. The molecule has 118 valence electrons. The van der Waals surface area contributed by atoms with Gasteiger partial charge in [-0.1, -0.05) is 0 Å². The summed E-state index contributed by atoms with van der Waals surface area (Å²) in [7, 11) is 1.66. The number of hydrogen-bond acceptors (Lipinski definition) is 5. The predicted octanol–water partition coefficient (Wildman–Crippen LogP) is -0.474. The van der Waals surface area contributed by atoms with E-state index in [1.165, 1.54) is 0 Å². The van der Waals surface area contributed by atoms with E-state index in [1.54, 1.807) is 7.11 Å². The van der Waals surface area contributed by atoms with Gasteiger partial charge >= 0.3 is 0 Å². The molecule has 1 heterocycles. The number of carbonyl (C=O) groups is 1. The van der Waals surface area contributed by atoms with Gasteiger partial charge in [0.2, 0.25) is 5.91 Å². The van der Waals surface area contributed by atoms with E-state index in [0.29, 0.717) is 32.3 Å². The molecule has 0 radical (unpaired) electrons. The van der Waals surface area contributed by atoms with Crippen LogP contribution in [0.25, 0.3) is 0 Å². The van der Waals surface area contributed by atoms with E-state index < -0.39 is 0 Å². The van der Waals surface area contributed by atoms with Crippen LogP contribution in [0.5, 0.6) is 0 Å². The second-order valence-corrected chi connectivity index (χ2v) is 5.62. The Bertz CT molecular complexity index is 287. The van der Waals surface area contributed by atoms with Crippen molar-refractivity contribution in [1.29, 1.82) is 0 Å². The molecule has 2 atom stereocenters. The molecule has 1 aliphatic heterocycles. The van der Waals surface area contributed by atoms with Gasteiger partial charge in [-0.05, 0) is 20.3 Å². The van der Waals surface area contributed by atoms with E-state index >= 15 is 0 Å². The molecular formula is C14H29N3O3. The molecule has 0 spiro atoms. The van der Waals surface area contributed by atoms with E-state index in [1.807, 2.05) is 6.92 Å². The topological polar surface area (TPSA) is 65.0 Å². The van der Waals surface area contributed by atoms with E-state index in [0.717, 1.165) is 26.1 Å². The summed E-state index contributed by atoms with van der Waals surface area (Å²) in [5.41, 5.74) is 0. The number of aliphatic hydroxyl groups is 1. The third-order valence-corrected chi connectivity index (χ3v) is 3.56. The van der Waals surface area contributed by atoms with Gasteiger partial charge in [0.25, 0.3) is 0 Å². The number of ether oxygens (including phenoxy) is 1. The Labute approximate surface area is 122 Å². The van der Waals surface area contributed by atoms with E-state index in [-0.39, 0.29) is 12.0 Å². The van der Waals surface area contributed by atoms with Crippen LogP contribution in [0.15, 0.2) is 0 Å². The quantitative estimate of drug-likeness (QED) is 0.591. The summed E-state index contributed by atoms with van der Waals surface area (Å²) in [6.07, 6.45) is 0.550. The largest absolute Gasteiger partial charge is 0.392 e. The average molecular weight is 287 g/mol. The molecule has 0 aromatic heterocycles. The average Bonchev–Trinajstić information content (AvgIpc) is 2.37. The third-order valence-electron chi connectivity index (χ3n) is 3.56. The van der Waals surface area contributed by atoms with E-state index in [4.69, 9.17) is 4.74 Å². The van der Waals surface area contributed by atoms with Crippen LogP contribution in [0.4, 0.5) is 0 Å². The van der Waals surface area contributed by atoms with Gasteiger partial charge in [-0.15, -0.1) is 0 Å². The van der Waals surface area contributed by atoms with Crippen molar-refractivity contribution in [2.45, 2.75) is 32.4 Å². The second kappa shape index (κ2) is 9.28. The monoisotopic (exact) mass is 287 g/mol. The van der Waals surface area contributed by atoms with Gasteiger partial charge in [0.15, 0.2) is 0 Å². The van der Waals surface area contributed by atoms with Gasteiger partial charge in [0.05, 0.1) is 12.6 Å². The van der Waals surface area contributed by atoms with Gasteiger partial charge in [0.1, 0.15) is 0 Å². The number of nitrogens with one attached hydrogen (secondary N) is 1. The predicted molar refractivity (Wildman–Crippen MR) is 78.7 cm³/mol. The molecule has 0 aromatic rings. The second-order valence-electron chi connectivity index (χ2n) is 5.62. The number of carbonyl (C=O) groups excluding carboxylic acids is 1. The highest BCUT2D eigenvalue weighted by Crippen LogP contribution is 2.09. The minimum absolute atomic E-state index is 0.0808. The van der Waals surface area contributed by atoms with Gasteiger partial charge in [0, 0.05) is 52.5 Å². The summed E-state index contributed by atoms with van der Waals surface area (Å²) in [6.45, 7) is 9.12. The van der Waals surface area contributed by atoms with Crippen LogP contribution in [0, 0.1) is 0 Å². The van der Waals surface area contributed by atoms with Crippen LogP contribution < -0.4 is 5.32 Å². The fourth-order valence-electron chi connectivity index (χ4n) is 2.53. The van der Waals surface area contributed by atoms with Gasteiger partial charge in [-0.2, -0.15) is 0 Å². The smallest absolute Gasteiger partial charge is 0.234 e. The van der Waals surface area contributed by atoms with Gasteiger partial charge in [-0.3, -0.25) is 14.6 Å². The van der Waals surface area contributed by atoms with Crippen molar-refractivity contribution in [1.82, 2.24) is 15.1 Å². The maximum Gasteiger partial charge on any atom is 0.234 e. The molecule has 0 aliphatic carbocycles. The first-order chi connectivity index (χ1) is 9.52. The number of methoxy groups -OCH3 is 1. The lowest BCUT2D eigenvalue weighted by molar-refractivity contribution is -0.123. The summed E-state index contributed by atoms with van der Waals surface area (Å²) < 4.78 is 4.94. The first-order valence-corrected chi connectivity index (χ1v) is 7.43. The number of β-amino-alcohol motifs (C(OH)–C–C–N with tert-alkyl or cyclic N) is 1. The van der Waals surface area contributed by atoms with Crippen molar-refractivity contribution in [3.05, 3.63) is 0 Å². The minimum atomic E-state index is -0.298. The summed E-state index contributed by atoms with van der Waals surface area (Å²) in [4.78, 5) is 16.2. The molecule has 1 fully saturated rings. The Hall–Kier alpha value is -0.690. The number of amides is 1. The number of rotatable bonds is 8. The lowest BCUT2D eigenvalue weighted by atomic mass is 10.1. The molecule has 0 saturated carbocycles. The standard InChI is InChI=1S/C14H29N3O3/c1-12-9-16(6-7-17(12)10-13(2)18)11-14(19)15-5-4-8-20-3/h12-13,18H,4-11H2,1-3H3,(H,15,19). The Morgan fingerprint density at radius 2 is 2.25 bits per heavy atom. The molecule has 1 rings (SSSR count). The Morgan fingerprint density at radius 3 is 2.85 bits per heavy atom. The molecule has 1 amide bonds. The highest BCUT2D eigenvalue weighted by atomic mass is 16.5. The third kappa shape index (κ3) is 6.65. The highest BCUT2D eigenvalue weighted by Gasteiger charge is 2.25. The van der Waals surface area contributed by atoms with Crippen LogP contribution in [0.1, 0.15) is 20.3 Å². The molecule has 20 heavy (non-hydrogen) atoms. The number of hydrogen-bond donors (Lipinski definition) is 2. The SMILES string of the molecule is COCCCNC(=O)CN1CCN(CC(C)O)C(C)C1. The molecule has 6 nitrogen and oxygen atoms in total. The summed E-state index contributed by atoms with van der Waals surface area (Å²) in [5.74, 6) is 0.0808. The van der Waals surface area contributed by atoms with Crippen LogP contribution in [0.2, 0.25) is 0 Å². The Kier molecular flexibility index (Phi) is 8.06. The van der Waals surface area contributed by atoms with Crippen LogP contribution in [0.3, 0.4) is 0 Å². The molecule has 0 aromatic carbocycles. The molecule has 6 heteroatoms. The van der Waals surface area contributed by atoms with E-state index in [9.17, 15) is 9.90 Å². The van der Waals surface area contributed by atoms with Crippen molar-refractivity contribution < 1.29 is 14.6 Å². The maximum atomic E-state index is 11.8. The molecule has 2 unspecified atom stereocenters. The van der Waals surface area contributed by atoms with Crippen molar-refractivity contribution in [2.24, 2.45) is 0 Å². The number of aliphatic hydroxyl groups excluding tert-OH is 1. The Morgan fingerprint density at radius 1 is 1.50 bits per heavy atom. The summed E-state index contributed by atoms with van der Waals surface area (Å²) in [6, 6.07) is 0.375. The van der Waals surface area contributed by atoms with Crippen molar-refractivity contribution in [2.75, 3.05) is 53.0 Å². The fraction of sp³-hybridized carbons (Fsp3) is 0.929. The van der Waals surface area contributed by atoms with Gasteiger partial charge in [-0.25, -0.2) is 0 Å². The summed E-state index contributed by atoms with van der Waals surface area (Å²) >= 11 is 0. The molecule has 1 aliphatic rings. The molecule has 2 N–H and O–H groups in total.